The van der Waals surface area contributed by atoms with Crippen molar-refractivity contribution in [1.29, 1.82) is 0 Å². The summed E-state index contributed by atoms with van der Waals surface area (Å²) in [5.74, 6) is 1.63. The third-order valence-electron chi connectivity index (χ3n) is 4.53. The van der Waals surface area contributed by atoms with Gasteiger partial charge in [-0.05, 0) is 47.4 Å². The first kappa shape index (κ1) is 18.9. The normalized spacial score (nSPS) is 10.8. The van der Waals surface area contributed by atoms with E-state index < -0.39 is 0 Å². The Kier molecular flexibility index (Phi) is 6.83. The molecule has 0 aliphatic carbocycles. The van der Waals surface area contributed by atoms with Crippen molar-refractivity contribution in [2.75, 3.05) is 20.8 Å². The van der Waals surface area contributed by atoms with Crippen LogP contribution in [-0.4, -0.2) is 30.6 Å². The van der Waals surface area contributed by atoms with Gasteiger partial charge in [-0.2, -0.15) is 0 Å². The molecule has 0 saturated carbocycles. The van der Waals surface area contributed by atoms with E-state index in [-0.39, 0.29) is 0 Å². The number of hydrogen-bond acceptors (Lipinski definition) is 4. The highest BCUT2D eigenvalue weighted by Gasteiger charge is 2.10. The fourth-order valence-corrected chi connectivity index (χ4v) is 3.11. The summed E-state index contributed by atoms with van der Waals surface area (Å²) in [5, 5.41) is 0. The molecule has 140 valence electrons. The van der Waals surface area contributed by atoms with E-state index in [0.29, 0.717) is 0 Å². The molecule has 2 aromatic carbocycles. The summed E-state index contributed by atoms with van der Waals surface area (Å²) >= 11 is 0. The smallest absolute Gasteiger partial charge is 0.122 e. The van der Waals surface area contributed by atoms with E-state index in [0.717, 1.165) is 37.6 Å². The summed E-state index contributed by atoms with van der Waals surface area (Å²) in [5.41, 5.74) is 3.78. The molecular formula is C23H26N2O2. The standard InChI is InChI=1S/C23H26N2O2/c1-26-22-14-21(15-23(16-22)27-2)18-25(17-20-8-11-24-12-9-20)13-10-19-6-4-3-5-7-19/h3-9,11-12,14-16H,10,13,17-18H2,1-2H3. The van der Waals surface area contributed by atoms with Gasteiger partial charge < -0.3 is 9.47 Å². The molecule has 0 N–H and O–H groups in total. The second-order valence-electron chi connectivity index (χ2n) is 6.52. The van der Waals surface area contributed by atoms with E-state index in [9.17, 15) is 0 Å². The number of hydrogen-bond donors (Lipinski definition) is 0. The Bertz CT molecular complexity index is 800. The quantitative estimate of drug-likeness (QED) is 0.567. The third-order valence-corrected chi connectivity index (χ3v) is 4.53. The van der Waals surface area contributed by atoms with Crippen molar-refractivity contribution in [3.05, 3.63) is 89.7 Å². The van der Waals surface area contributed by atoms with Crippen molar-refractivity contribution in [3.8, 4) is 11.5 Å². The van der Waals surface area contributed by atoms with Crippen molar-refractivity contribution in [3.63, 3.8) is 0 Å². The van der Waals surface area contributed by atoms with Crippen molar-refractivity contribution < 1.29 is 9.47 Å². The molecule has 0 saturated heterocycles. The molecule has 0 atom stereocenters. The van der Waals surface area contributed by atoms with Gasteiger partial charge in [-0.15, -0.1) is 0 Å². The lowest BCUT2D eigenvalue weighted by Gasteiger charge is -2.23. The molecule has 0 unspecified atom stereocenters. The predicted molar refractivity (Wildman–Crippen MR) is 108 cm³/mol. The largest absolute Gasteiger partial charge is 0.497 e. The van der Waals surface area contributed by atoms with Crippen molar-refractivity contribution in [1.82, 2.24) is 9.88 Å². The molecule has 0 spiro atoms. The van der Waals surface area contributed by atoms with Crippen molar-refractivity contribution in [2.24, 2.45) is 0 Å². The fraction of sp³-hybridized carbons (Fsp3) is 0.261. The van der Waals surface area contributed by atoms with Crippen LogP contribution in [0.1, 0.15) is 16.7 Å². The summed E-state index contributed by atoms with van der Waals surface area (Å²) in [4.78, 5) is 6.57. The Labute approximate surface area is 161 Å². The van der Waals surface area contributed by atoms with Gasteiger partial charge in [0.2, 0.25) is 0 Å². The van der Waals surface area contributed by atoms with Crippen LogP contribution in [0.5, 0.6) is 11.5 Å². The molecule has 0 bridgehead atoms. The van der Waals surface area contributed by atoms with Crippen LogP contribution in [0.25, 0.3) is 0 Å². The molecule has 0 amide bonds. The first-order valence-electron chi connectivity index (χ1n) is 9.14. The second-order valence-corrected chi connectivity index (χ2v) is 6.52. The van der Waals surface area contributed by atoms with Crippen LogP contribution >= 0.6 is 0 Å². The molecule has 1 aromatic heterocycles. The molecule has 4 nitrogen and oxygen atoms in total. The molecule has 4 heteroatoms. The number of nitrogens with zero attached hydrogens (tertiary/aromatic N) is 2. The first-order valence-corrected chi connectivity index (χ1v) is 9.14. The van der Waals surface area contributed by atoms with Gasteiger partial charge in [0.05, 0.1) is 14.2 Å². The average Bonchev–Trinajstić information content (AvgIpc) is 2.73. The van der Waals surface area contributed by atoms with E-state index in [1.54, 1.807) is 14.2 Å². The highest BCUT2D eigenvalue weighted by molar-refractivity contribution is 5.38. The van der Waals surface area contributed by atoms with Gasteiger partial charge >= 0.3 is 0 Å². The Morgan fingerprint density at radius 2 is 1.37 bits per heavy atom. The van der Waals surface area contributed by atoms with Gasteiger partial charge in [0, 0.05) is 38.1 Å². The molecule has 27 heavy (non-hydrogen) atoms. The van der Waals surface area contributed by atoms with Crippen LogP contribution in [0.4, 0.5) is 0 Å². The van der Waals surface area contributed by atoms with E-state index in [2.05, 4.69) is 64.5 Å². The van der Waals surface area contributed by atoms with Crippen molar-refractivity contribution in [2.45, 2.75) is 19.5 Å². The van der Waals surface area contributed by atoms with Crippen LogP contribution < -0.4 is 9.47 Å². The lowest BCUT2D eigenvalue weighted by molar-refractivity contribution is 0.259. The number of benzene rings is 2. The zero-order chi connectivity index (χ0) is 18.9. The molecule has 0 aliphatic rings. The van der Waals surface area contributed by atoms with E-state index in [1.165, 1.54) is 16.7 Å². The summed E-state index contributed by atoms with van der Waals surface area (Å²) in [6.07, 6.45) is 4.70. The fourth-order valence-electron chi connectivity index (χ4n) is 3.11. The molecule has 1 heterocycles. The molecule has 3 aromatic rings. The van der Waals surface area contributed by atoms with Crippen molar-refractivity contribution >= 4 is 0 Å². The van der Waals surface area contributed by atoms with E-state index in [4.69, 9.17) is 9.47 Å². The minimum Gasteiger partial charge on any atom is -0.497 e. The lowest BCUT2D eigenvalue weighted by Crippen LogP contribution is -2.25. The number of ether oxygens (including phenoxy) is 2. The Morgan fingerprint density at radius 3 is 2.00 bits per heavy atom. The Morgan fingerprint density at radius 1 is 0.741 bits per heavy atom. The number of pyridine rings is 1. The summed E-state index contributed by atoms with van der Waals surface area (Å²) in [6, 6.07) is 20.8. The van der Waals surface area contributed by atoms with Gasteiger partial charge in [-0.25, -0.2) is 0 Å². The Balaban J connectivity index is 1.76. The van der Waals surface area contributed by atoms with Gasteiger partial charge in [0.15, 0.2) is 0 Å². The highest BCUT2D eigenvalue weighted by Crippen LogP contribution is 2.24. The molecule has 0 fully saturated rings. The SMILES string of the molecule is COc1cc(CN(CCc2ccccc2)Cc2ccncc2)cc(OC)c1. The molecule has 0 radical (unpaired) electrons. The Hall–Kier alpha value is -2.85. The summed E-state index contributed by atoms with van der Waals surface area (Å²) < 4.78 is 10.8. The average molecular weight is 362 g/mol. The first-order chi connectivity index (χ1) is 13.3. The number of rotatable bonds is 9. The monoisotopic (exact) mass is 362 g/mol. The maximum atomic E-state index is 5.42. The van der Waals surface area contributed by atoms with Gasteiger partial charge in [0.25, 0.3) is 0 Å². The van der Waals surface area contributed by atoms with Gasteiger partial charge in [-0.1, -0.05) is 30.3 Å². The van der Waals surface area contributed by atoms with Crippen LogP contribution in [0, 0.1) is 0 Å². The van der Waals surface area contributed by atoms with E-state index in [1.807, 2.05) is 18.5 Å². The number of methoxy groups -OCH3 is 2. The van der Waals surface area contributed by atoms with Gasteiger partial charge in [-0.3, -0.25) is 9.88 Å². The van der Waals surface area contributed by atoms with Crippen LogP contribution in [0.2, 0.25) is 0 Å². The molecule has 0 aliphatic heterocycles. The lowest BCUT2D eigenvalue weighted by atomic mass is 10.1. The van der Waals surface area contributed by atoms with Crippen LogP contribution in [0.3, 0.4) is 0 Å². The number of aromatic nitrogens is 1. The molecular weight excluding hydrogens is 336 g/mol. The van der Waals surface area contributed by atoms with E-state index >= 15 is 0 Å². The minimum absolute atomic E-state index is 0.816. The highest BCUT2D eigenvalue weighted by atomic mass is 16.5. The zero-order valence-electron chi connectivity index (χ0n) is 16.0. The maximum absolute atomic E-state index is 5.42. The topological polar surface area (TPSA) is 34.6 Å². The van der Waals surface area contributed by atoms with Crippen LogP contribution in [0.15, 0.2) is 73.1 Å². The minimum atomic E-state index is 0.816. The molecule has 3 rings (SSSR count). The zero-order valence-corrected chi connectivity index (χ0v) is 16.0. The second kappa shape index (κ2) is 9.74. The van der Waals surface area contributed by atoms with Crippen LogP contribution in [-0.2, 0) is 19.5 Å². The van der Waals surface area contributed by atoms with Gasteiger partial charge in [0.1, 0.15) is 11.5 Å². The maximum Gasteiger partial charge on any atom is 0.122 e. The third kappa shape index (κ3) is 5.83. The predicted octanol–water partition coefficient (Wildman–Crippen LogP) is 4.34. The summed E-state index contributed by atoms with van der Waals surface area (Å²) in [6.45, 7) is 2.66. The summed E-state index contributed by atoms with van der Waals surface area (Å²) in [7, 11) is 3.37.